The first-order valence-corrected chi connectivity index (χ1v) is 14.1. The van der Waals surface area contributed by atoms with Crippen molar-refractivity contribution in [1.82, 2.24) is 24.6 Å². The first-order chi connectivity index (χ1) is 18.8. The molecule has 0 spiro atoms. The van der Waals surface area contributed by atoms with E-state index in [2.05, 4.69) is 20.3 Å². The molecule has 8 nitrogen and oxygen atoms in total. The minimum Gasteiger partial charge on any atom is -0.351 e. The standard InChI is InChI=1S/C28H30F3N5O3S/c1-17(2)9-18-10-25(36(16-18)40(38,39)22-7-5-21(29)6-8-22)26(37)33-12-19-11-24(32-15-23(19)30)20-13-34-27(35-14-20)28(3,4)31/h5-9,11,13-15,18,25H,10,12,16H2,1-4H3,(H,33,37)/t18-,25+/m1/s1. The van der Waals surface area contributed by atoms with E-state index in [0.717, 1.165) is 40.3 Å². The molecule has 1 aromatic carbocycles. The molecule has 1 N–H and O–H groups in total. The van der Waals surface area contributed by atoms with E-state index in [-0.39, 0.29) is 41.7 Å². The fourth-order valence-electron chi connectivity index (χ4n) is 4.52. The van der Waals surface area contributed by atoms with Gasteiger partial charge in [0.15, 0.2) is 11.5 Å². The van der Waals surface area contributed by atoms with Gasteiger partial charge in [-0.15, -0.1) is 0 Å². The smallest absolute Gasteiger partial charge is 0.243 e. The van der Waals surface area contributed by atoms with E-state index in [1.54, 1.807) is 0 Å². The number of hydrogen-bond donors (Lipinski definition) is 1. The third kappa shape index (κ3) is 6.56. The Morgan fingerprint density at radius 1 is 1.10 bits per heavy atom. The Balaban J connectivity index is 1.55. The highest BCUT2D eigenvalue weighted by Gasteiger charge is 2.43. The van der Waals surface area contributed by atoms with Crippen molar-refractivity contribution in [1.29, 1.82) is 0 Å². The van der Waals surface area contributed by atoms with Crippen LogP contribution in [0.15, 0.2) is 65.5 Å². The van der Waals surface area contributed by atoms with Crippen molar-refractivity contribution in [3.8, 4) is 11.3 Å². The third-order valence-corrected chi connectivity index (χ3v) is 8.34. The van der Waals surface area contributed by atoms with Gasteiger partial charge >= 0.3 is 0 Å². The van der Waals surface area contributed by atoms with E-state index >= 15 is 0 Å². The van der Waals surface area contributed by atoms with E-state index in [0.29, 0.717) is 11.3 Å². The molecule has 0 saturated carbocycles. The van der Waals surface area contributed by atoms with Crippen molar-refractivity contribution < 1.29 is 26.4 Å². The number of pyridine rings is 1. The second kappa shape index (κ2) is 11.5. The quantitative estimate of drug-likeness (QED) is 0.393. The van der Waals surface area contributed by atoms with Crippen molar-refractivity contribution in [2.75, 3.05) is 6.54 Å². The van der Waals surface area contributed by atoms with Crippen LogP contribution in [0.25, 0.3) is 11.3 Å². The van der Waals surface area contributed by atoms with Crippen molar-refractivity contribution >= 4 is 15.9 Å². The van der Waals surface area contributed by atoms with Crippen LogP contribution in [-0.4, -0.2) is 46.2 Å². The van der Waals surface area contributed by atoms with Crippen LogP contribution in [0.5, 0.6) is 0 Å². The van der Waals surface area contributed by atoms with Gasteiger partial charge in [0.2, 0.25) is 15.9 Å². The summed E-state index contributed by atoms with van der Waals surface area (Å²) in [6.07, 6.45) is 5.90. The fourth-order valence-corrected chi connectivity index (χ4v) is 6.17. The van der Waals surface area contributed by atoms with E-state index in [9.17, 15) is 26.4 Å². The fraction of sp³-hybridized carbons (Fsp3) is 0.357. The van der Waals surface area contributed by atoms with Crippen molar-refractivity contribution in [2.45, 2.75) is 57.3 Å². The summed E-state index contributed by atoms with van der Waals surface area (Å²) < 4.78 is 70.1. The number of benzene rings is 1. The Labute approximate surface area is 231 Å². The predicted octanol–water partition coefficient (Wildman–Crippen LogP) is 4.68. The molecule has 3 aromatic rings. The maximum atomic E-state index is 14.6. The van der Waals surface area contributed by atoms with Gasteiger partial charge in [-0.1, -0.05) is 11.6 Å². The van der Waals surface area contributed by atoms with E-state index in [1.165, 1.54) is 32.3 Å². The van der Waals surface area contributed by atoms with Gasteiger partial charge in [-0.05, 0) is 70.4 Å². The second-order valence-corrected chi connectivity index (χ2v) is 12.3. The molecule has 0 aliphatic carbocycles. The van der Waals surface area contributed by atoms with Gasteiger partial charge < -0.3 is 5.32 Å². The SMILES string of the molecule is CC(C)=C[C@@H]1C[C@@H](C(=O)NCc2cc(-c3cnc(C(C)(C)F)nc3)ncc2F)N(S(=O)(=O)c2ccc(F)cc2)C1. The number of hydrogen-bond acceptors (Lipinski definition) is 6. The lowest BCUT2D eigenvalue weighted by Gasteiger charge is -2.23. The molecule has 0 radical (unpaired) electrons. The van der Waals surface area contributed by atoms with Crippen LogP contribution in [0.2, 0.25) is 0 Å². The Morgan fingerprint density at radius 3 is 2.35 bits per heavy atom. The number of carbonyl (C=O) groups is 1. The first-order valence-electron chi connectivity index (χ1n) is 12.6. The molecule has 1 aliphatic heterocycles. The highest BCUT2D eigenvalue weighted by atomic mass is 32.2. The Morgan fingerprint density at radius 2 is 1.75 bits per heavy atom. The molecule has 4 rings (SSSR count). The van der Waals surface area contributed by atoms with Crippen LogP contribution in [0.4, 0.5) is 13.2 Å². The maximum absolute atomic E-state index is 14.6. The summed E-state index contributed by atoms with van der Waals surface area (Å²) in [6, 6.07) is 4.78. The molecule has 0 bridgehead atoms. The number of alkyl halides is 1. The lowest BCUT2D eigenvalue weighted by atomic mass is 10.0. The monoisotopic (exact) mass is 573 g/mol. The highest BCUT2D eigenvalue weighted by molar-refractivity contribution is 7.89. The highest BCUT2D eigenvalue weighted by Crippen LogP contribution is 2.31. The van der Waals surface area contributed by atoms with Gasteiger partial charge in [-0.2, -0.15) is 4.31 Å². The number of nitrogens with zero attached hydrogens (tertiary/aromatic N) is 4. The molecule has 0 unspecified atom stereocenters. The summed E-state index contributed by atoms with van der Waals surface area (Å²) in [5.74, 6) is -2.06. The molecular formula is C28H30F3N5O3S. The molecule has 1 saturated heterocycles. The zero-order valence-electron chi connectivity index (χ0n) is 22.5. The number of allylic oxidation sites excluding steroid dienone is 1. The van der Waals surface area contributed by atoms with Crippen LogP contribution in [0.3, 0.4) is 0 Å². The molecular weight excluding hydrogens is 543 g/mol. The topological polar surface area (TPSA) is 105 Å². The van der Waals surface area contributed by atoms with Crippen molar-refractivity contribution in [3.63, 3.8) is 0 Å². The summed E-state index contributed by atoms with van der Waals surface area (Å²) in [6.45, 7) is 6.27. The van der Waals surface area contributed by atoms with Crippen molar-refractivity contribution in [2.24, 2.45) is 5.92 Å². The molecule has 12 heteroatoms. The summed E-state index contributed by atoms with van der Waals surface area (Å²) in [5, 5.41) is 2.65. The van der Waals surface area contributed by atoms with E-state index in [4.69, 9.17) is 0 Å². The van der Waals surface area contributed by atoms with E-state index < -0.39 is 39.3 Å². The van der Waals surface area contributed by atoms with Crippen LogP contribution < -0.4 is 5.32 Å². The van der Waals surface area contributed by atoms with Gasteiger partial charge in [0.1, 0.15) is 17.7 Å². The van der Waals surface area contributed by atoms with E-state index in [1.807, 2.05) is 19.9 Å². The second-order valence-electron chi connectivity index (χ2n) is 10.4. The molecule has 212 valence electrons. The Hall–Kier alpha value is -3.64. The number of nitrogens with one attached hydrogen (secondary N) is 1. The Bertz CT molecular complexity index is 1520. The maximum Gasteiger partial charge on any atom is 0.243 e. The van der Waals surface area contributed by atoms with Crippen LogP contribution in [-0.2, 0) is 27.0 Å². The molecule has 1 amide bonds. The number of amides is 1. The van der Waals surface area contributed by atoms with Crippen molar-refractivity contribution in [3.05, 3.63) is 83.6 Å². The van der Waals surface area contributed by atoms with Gasteiger partial charge in [0.05, 0.1) is 16.8 Å². The number of halogens is 3. The van der Waals surface area contributed by atoms with Gasteiger partial charge in [0.25, 0.3) is 0 Å². The number of sulfonamides is 1. The normalized spacial score (nSPS) is 18.0. The summed E-state index contributed by atoms with van der Waals surface area (Å²) in [4.78, 5) is 25.2. The average Bonchev–Trinajstić information content (AvgIpc) is 3.32. The number of rotatable bonds is 8. The first kappa shape index (κ1) is 29.3. The van der Waals surface area contributed by atoms with Crippen LogP contribution in [0, 0.1) is 17.6 Å². The molecule has 3 heterocycles. The Kier molecular flexibility index (Phi) is 8.41. The zero-order chi connectivity index (χ0) is 29.2. The lowest BCUT2D eigenvalue weighted by Crippen LogP contribution is -2.45. The predicted molar refractivity (Wildman–Crippen MR) is 143 cm³/mol. The molecule has 1 aliphatic rings. The summed E-state index contributed by atoms with van der Waals surface area (Å²) in [5.41, 5.74) is 0.104. The summed E-state index contributed by atoms with van der Waals surface area (Å²) in [7, 11) is -4.11. The van der Waals surface area contributed by atoms with Gasteiger partial charge in [-0.3, -0.25) is 9.78 Å². The summed E-state index contributed by atoms with van der Waals surface area (Å²) >= 11 is 0. The minimum absolute atomic E-state index is 0.00558. The van der Waals surface area contributed by atoms with Gasteiger partial charge in [0, 0.05) is 36.6 Å². The molecule has 2 atom stereocenters. The van der Waals surface area contributed by atoms with Crippen LogP contribution in [0.1, 0.15) is 45.5 Å². The average molecular weight is 574 g/mol. The zero-order valence-corrected chi connectivity index (χ0v) is 23.3. The molecule has 1 fully saturated rings. The minimum atomic E-state index is -4.11. The van der Waals surface area contributed by atoms with Gasteiger partial charge in [-0.25, -0.2) is 31.6 Å². The number of carbonyl (C=O) groups excluding carboxylic acids is 1. The largest absolute Gasteiger partial charge is 0.351 e. The molecule has 40 heavy (non-hydrogen) atoms. The lowest BCUT2D eigenvalue weighted by molar-refractivity contribution is -0.124. The third-order valence-electron chi connectivity index (χ3n) is 6.45. The van der Waals surface area contributed by atoms with Crippen LogP contribution >= 0.6 is 0 Å². The number of aromatic nitrogens is 3. The molecule has 2 aromatic heterocycles.